The summed E-state index contributed by atoms with van der Waals surface area (Å²) in [6, 6.07) is 13.4. The Morgan fingerprint density at radius 2 is 1.55 bits per heavy atom. The van der Waals surface area contributed by atoms with Crippen LogP contribution in [-0.2, 0) is 10.9 Å². The fourth-order valence-corrected chi connectivity index (χ4v) is 2.58. The van der Waals surface area contributed by atoms with Gasteiger partial charge in [0.1, 0.15) is 0 Å². The van der Waals surface area contributed by atoms with E-state index < -0.39 is 11.7 Å². The quantitative estimate of drug-likeness (QED) is 0.824. The topological polar surface area (TPSA) is 12.5 Å². The lowest BCUT2D eigenvalue weighted by atomic mass is 10.0. The number of ether oxygens (including phenoxy) is 1. The predicted octanol–water partition coefficient (Wildman–Crippen LogP) is 4.21. The molecule has 5 heteroatoms. The number of benzene rings is 2. The summed E-state index contributed by atoms with van der Waals surface area (Å²) in [5.74, 6) is 0. The molecular formula is C17H16F3NO. The number of morpholine rings is 1. The smallest absolute Gasteiger partial charge is 0.378 e. The van der Waals surface area contributed by atoms with Crippen LogP contribution in [0.3, 0.4) is 0 Å². The molecule has 1 aliphatic rings. The molecule has 0 unspecified atom stereocenters. The van der Waals surface area contributed by atoms with Gasteiger partial charge in [-0.2, -0.15) is 13.2 Å². The highest BCUT2D eigenvalue weighted by atomic mass is 19.4. The summed E-state index contributed by atoms with van der Waals surface area (Å²) < 4.78 is 44.8. The van der Waals surface area contributed by atoms with Gasteiger partial charge in [-0.05, 0) is 29.3 Å². The third kappa shape index (κ3) is 3.25. The summed E-state index contributed by atoms with van der Waals surface area (Å²) >= 11 is 0. The van der Waals surface area contributed by atoms with Gasteiger partial charge in [-0.25, -0.2) is 0 Å². The van der Waals surface area contributed by atoms with Crippen LogP contribution in [0, 0.1) is 0 Å². The van der Waals surface area contributed by atoms with E-state index in [0.29, 0.717) is 37.6 Å². The van der Waals surface area contributed by atoms with Crippen LogP contribution in [0.2, 0.25) is 0 Å². The summed E-state index contributed by atoms with van der Waals surface area (Å²) in [6.07, 6.45) is -4.36. The van der Waals surface area contributed by atoms with E-state index in [0.717, 1.165) is 5.56 Å². The van der Waals surface area contributed by atoms with Crippen LogP contribution in [-0.4, -0.2) is 26.3 Å². The van der Waals surface area contributed by atoms with Crippen molar-refractivity contribution in [1.29, 1.82) is 0 Å². The van der Waals surface area contributed by atoms with Crippen LogP contribution in [0.4, 0.5) is 18.9 Å². The molecule has 1 fully saturated rings. The Hall–Kier alpha value is -2.01. The van der Waals surface area contributed by atoms with E-state index in [1.165, 1.54) is 12.1 Å². The molecule has 0 amide bonds. The highest BCUT2D eigenvalue weighted by Crippen LogP contribution is 2.36. The van der Waals surface area contributed by atoms with Gasteiger partial charge in [-0.1, -0.05) is 30.3 Å². The maximum Gasteiger partial charge on any atom is 0.416 e. The summed E-state index contributed by atoms with van der Waals surface area (Å²) in [7, 11) is 0. The minimum Gasteiger partial charge on any atom is -0.378 e. The Morgan fingerprint density at radius 1 is 0.864 bits per heavy atom. The molecular weight excluding hydrogens is 291 g/mol. The van der Waals surface area contributed by atoms with Crippen molar-refractivity contribution < 1.29 is 17.9 Å². The number of hydrogen-bond donors (Lipinski definition) is 0. The minimum atomic E-state index is -4.36. The van der Waals surface area contributed by atoms with Crippen LogP contribution in [0.15, 0.2) is 48.5 Å². The number of hydrogen-bond acceptors (Lipinski definition) is 2. The minimum absolute atomic E-state index is 0.539. The standard InChI is InChI=1S/C17H16F3NO/c18-17(19,20)15-10-14(13-4-2-1-3-5-13)11-16(12-15)21-6-8-22-9-7-21/h1-5,10-12H,6-9H2. The zero-order valence-corrected chi connectivity index (χ0v) is 11.9. The molecule has 2 aromatic carbocycles. The van der Waals surface area contributed by atoms with Gasteiger partial charge in [0, 0.05) is 18.8 Å². The van der Waals surface area contributed by atoms with E-state index >= 15 is 0 Å². The molecule has 0 aromatic heterocycles. The Balaban J connectivity index is 2.06. The highest BCUT2D eigenvalue weighted by Gasteiger charge is 2.32. The Labute approximate surface area is 127 Å². The molecule has 1 aliphatic heterocycles. The first-order valence-electron chi connectivity index (χ1n) is 7.14. The molecule has 2 aromatic rings. The molecule has 0 spiro atoms. The van der Waals surface area contributed by atoms with Crippen molar-refractivity contribution in [2.24, 2.45) is 0 Å². The molecule has 116 valence electrons. The largest absolute Gasteiger partial charge is 0.416 e. The Morgan fingerprint density at radius 3 is 2.18 bits per heavy atom. The molecule has 0 saturated carbocycles. The van der Waals surface area contributed by atoms with E-state index in [9.17, 15) is 13.2 Å². The van der Waals surface area contributed by atoms with Gasteiger partial charge < -0.3 is 9.64 Å². The average Bonchev–Trinajstić information content (AvgIpc) is 2.55. The SMILES string of the molecule is FC(F)(F)c1cc(-c2ccccc2)cc(N2CCOCC2)c1. The van der Waals surface area contributed by atoms with Gasteiger partial charge in [0.15, 0.2) is 0 Å². The summed E-state index contributed by atoms with van der Waals surface area (Å²) in [6.45, 7) is 2.29. The van der Waals surface area contributed by atoms with Crippen molar-refractivity contribution in [3.05, 3.63) is 54.1 Å². The number of rotatable bonds is 2. The van der Waals surface area contributed by atoms with Crippen LogP contribution in [0.5, 0.6) is 0 Å². The fourth-order valence-electron chi connectivity index (χ4n) is 2.58. The summed E-state index contributed by atoms with van der Waals surface area (Å²) in [4.78, 5) is 1.94. The predicted molar refractivity (Wildman–Crippen MR) is 79.9 cm³/mol. The van der Waals surface area contributed by atoms with E-state index in [-0.39, 0.29) is 0 Å². The normalized spacial score (nSPS) is 15.9. The first-order valence-corrected chi connectivity index (χ1v) is 7.14. The third-order valence-electron chi connectivity index (χ3n) is 3.73. The Kier molecular flexibility index (Phi) is 4.07. The summed E-state index contributed by atoms with van der Waals surface area (Å²) in [5, 5.41) is 0. The molecule has 0 radical (unpaired) electrons. The van der Waals surface area contributed by atoms with Gasteiger partial charge in [0.05, 0.1) is 18.8 Å². The van der Waals surface area contributed by atoms with E-state index in [1.54, 1.807) is 0 Å². The first-order chi connectivity index (χ1) is 10.5. The molecule has 3 rings (SSSR count). The maximum absolute atomic E-state index is 13.2. The second-order valence-corrected chi connectivity index (χ2v) is 5.23. The van der Waals surface area contributed by atoms with Crippen LogP contribution < -0.4 is 4.90 Å². The van der Waals surface area contributed by atoms with Crippen LogP contribution in [0.1, 0.15) is 5.56 Å². The number of anilines is 1. The molecule has 0 aliphatic carbocycles. The lowest BCUT2D eigenvalue weighted by molar-refractivity contribution is -0.137. The number of halogens is 3. The van der Waals surface area contributed by atoms with Crippen LogP contribution in [0.25, 0.3) is 11.1 Å². The second kappa shape index (κ2) is 6.01. The zero-order valence-electron chi connectivity index (χ0n) is 11.9. The zero-order chi connectivity index (χ0) is 15.6. The van der Waals surface area contributed by atoms with Crippen molar-refractivity contribution in [2.45, 2.75) is 6.18 Å². The average molecular weight is 307 g/mol. The van der Waals surface area contributed by atoms with Gasteiger partial charge >= 0.3 is 6.18 Å². The maximum atomic E-state index is 13.2. The van der Waals surface area contributed by atoms with Crippen molar-refractivity contribution in [3.8, 4) is 11.1 Å². The van der Waals surface area contributed by atoms with Gasteiger partial charge in [-0.3, -0.25) is 0 Å². The lowest BCUT2D eigenvalue weighted by Gasteiger charge is -2.30. The molecule has 0 bridgehead atoms. The van der Waals surface area contributed by atoms with E-state index in [1.807, 2.05) is 41.3 Å². The number of nitrogens with zero attached hydrogens (tertiary/aromatic N) is 1. The second-order valence-electron chi connectivity index (χ2n) is 5.23. The van der Waals surface area contributed by atoms with Crippen molar-refractivity contribution >= 4 is 5.69 Å². The lowest BCUT2D eigenvalue weighted by Crippen LogP contribution is -2.36. The summed E-state index contributed by atoms with van der Waals surface area (Å²) in [5.41, 5.74) is 1.34. The van der Waals surface area contributed by atoms with Gasteiger partial charge in [0.2, 0.25) is 0 Å². The Bertz CT molecular complexity index is 634. The fraction of sp³-hybridized carbons (Fsp3) is 0.294. The van der Waals surface area contributed by atoms with Crippen molar-refractivity contribution in [3.63, 3.8) is 0 Å². The van der Waals surface area contributed by atoms with Crippen molar-refractivity contribution in [1.82, 2.24) is 0 Å². The van der Waals surface area contributed by atoms with Gasteiger partial charge in [0.25, 0.3) is 0 Å². The molecule has 1 saturated heterocycles. The third-order valence-corrected chi connectivity index (χ3v) is 3.73. The van der Waals surface area contributed by atoms with E-state index in [2.05, 4.69) is 0 Å². The highest BCUT2D eigenvalue weighted by molar-refractivity contribution is 5.70. The van der Waals surface area contributed by atoms with Crippen molar-refractivity contribution in [2.75, 3.05) is 31.2 Å². The van der Waals surface area contributed by atoms with Crippen LogP contribution >= 0.6 is 0 Å². The molecule has 0 atom stereocenters. The van der Waals surface area contributed by atoms with E-state index in [4.69, 9.17) is 4.74 Å². The first kappa shape index (κ1) is 14.9. The van der Waals surface area contributed by atoms with Gasteiger partial charge in [-0.15, -0.1) is 0 Å². The molecule has 22 heavy (non-hydrogen) atoms. The molecule has 0 N–H and O–H groups in total. The molecule has 1 heterocycles. The molecule has 2 nitrogen and oxygen atoms in total. The monoisotopic (exact) mass is 307 g/mol. The number of alkyl halides is 3.